The van der Waals surface area contributed by atoms with E-state index in [0.717, 1.165) is 21.5 Å². The third-order valence-corrected chi connectivity index (χ3v) is 4.44. The van der Waals surface area contributed by atoms with Crippen molar-refractivity contribution in [1.29, 1.82) is 0 Å². The number of hydrogen-bond donors (Lipinski definition) is 0. The first-order valence-corrected chi connectivity index (χ1v) is 18.2. The molecule has 4 rings (SSSR count). The van der Waals surface area contributed by atoms with E-state index in [-0.39, 0.29) is 0 Å². The summed E-state index contributed by atoms with van der Waals surface area (Å²) in [5.74, 6) is -0.296. The van der Waals surface area contributed by atoms with Gasteiger partial charge >= 0.3 is 37.9 Å². The quantitative estimate of drug-likeness (QED) is 0.184. The minimum Gasteiger partial charge on any atom is -0.179 e. The molecule has 0 aliphatic heterocycles. The summed E-state index contributed by atoms with van der Waals surface area (Å²) in [6.45, 7) is 8.34. The van der Waals surface area contributed by atoms with Crippen molar-refractivity contribution in [2.24, 2.45) is 0 Å². The molecule has 1 amide bonds. The summed E-state index contributed by atoms with van der Waals surface area (Å²) in [6, 6.07) is 25.4. The average molecular weight is 548 g/mol. The summed E-state index contributed by atoms with van der Waals surface area (Å²) in [7, 11) is 11.0. The van der Waals surface area contributed by atoms with E-state index in [4.69, 9.17) is 22.8 Å². The Bertz CT molecular complexity index is 905. The Morgan fingerprint density at radius 3 is 2.13 bits per heavy atom. The second-order valence-electron chi connectivity index (χ2n) is 7.04. The van der Waals surface area contributed by atoms with E-state index in [1.165, 1.54) is 22.3 Å². The van der Waals surface area contributed by atoms with Crippen molar-refractivity contribution in [2.45, 2.75) is 39.3 Å². The zero-order valence-electron chi connectivity index (χ0n) is 18.3. The molecule has 1 N–H and O–H groups in total. The van der Waals surface area contributed by atoms with Gasteiger partial charge in [0.2, 0.25) is 0 Å². The first-order valence-electron chi connectivity index (χ1n) is 9.88. The largest absolute Gasteiger partial charge is 0.179 e. The molecular formula is C25H27Cl2NOSiZr. The monoisotopic (exact) mass is 545 g/mol. The van der Waals surface area contributed by atoms with Crippen LogP contribution in [0.4, 0.5) is 0 Å². The van der Waals surface area contributed by atoms with E-state index < -0.39 is 26.8 Å². The van der Waals surface area contributed by atoms with Crippen LogP contribution < -0.4 is 0 Å². The van der Waals surface area contributed by atoms with Crippen molar-refractivity contribution in [3.05, 3.63) is 101 Å². The molecule has 0 saturated heterocycles. The number of rotatable bonds is 2. The number of carbonyl (C=O) groups is 1. The van der Waals surface area contributed by atoms with Crippen LogP contribution >= 0.6 is 17.0 Å². The first kappa shape index (κ1) is 27.8. The fourth-order valence-electron chi connectivity index (χ4n) is 3.20. The van der Waals surface area contributed by atoms with Crippen LogP contribution in [0.3, 0.4) is 0 Å². The van der Waals surface area contributed by atoms with Gasteiger partial charge in [0.15, 0.2) is 0 Å². The van der Waals surface area contributed by atoms with Crippen molar-refractivity contribution in [1.82, 2.24) is 0 Å². The van der Waals surface area contributed by atoms with Gasteiger partial charge in [-0.05, 0) is 17.9 Å². The SMILES string of the molecule is CC(C)c1ccccc1C([NH-])=O.C[Si]C.[Cl][Zr+2][Cl].[c-]1cccc2c1Cc1ccccc1-2. The molecule has 0 saturated carbocycles. The number of nitrogens with one attached hydrogen (secondary N) is 1. The number of benzene rings is 3. The predicted molar refractivity (Wildman–Crippen MR) is 132 cm³/mol. The Kier molecular flexibility index (Phi) is 14.0. The summed E-state index contributed by atoms with van der Waals surface area (Å²) < 4.78 is 0. The Hall–Kier alpha value is -1.19. The molecule has 1 aliphatic rings. The van der Waals surface area contributed by atoms with E-state index in [2.05, 4.69) is 55.6 Å². The number of halogens is 2. The summed E-state index contributed by atoms with van der Waals surface area (Å²) in [5.41, 5.74) is 14.0. The molecule has 31 heavy (non-hydrogen) atoms. The molecule has 3 aromatic rings. The van der Waals surface area contributed by atoms with Crippen molar-refractivity contribution in [3.63, 3.8) is 0 Å². The molecule has 6 heteroatoms. The number of hydrogen-bond acceptors (Lipinski definition) is 1. The zero-order valence-corrected chi connectivity index (χ0v) is 23.3. The predicted octanol–water partition coefficient (Wildman–Crippen LogP) is 8.22. The molecule has 0 atom stereocenters. The maximum atomic E-state index is 10.8. The smallest absolute Gasteiger partial charge is 0.0253 e. The number of fused-ring (bicyclic) bond motifs is 3. The van der Waals surface area contributed by atoms with Gasteiger partial charge in [-0.1, -0.05) is 86.6 Å². The third kappa shape index (κ3) is 9.06. The van der Waals surface area contributed by atoms with Crippen molar-refractivity contribution >= 4 is 32.5 Å². The molecule has 160 valence electrons. The second-order valence-corrected chi connectivity index (χ2v) is 11.8. The summed E-state index contributed by atoms with van der Waals surface area (Å²) in [4.78, 5) is 10.8. The fourth-order valence-corrected chi connectivity index (χ4v) is 3.20. The van der Waals surface area contributed by atoms with Crippen LogP contribution in [0.2, 0.25) is 13.1 Å². The van der Waals surface area contributed by atoms with Gasteiger partial charge in [0, 0.05) is 15.1 Å². The Labute approximate surface area is 208 Å². The topological polar surface area (TPSA) is 40.9 Å². The van der Waals surface area contributed by atoms with Crippen LogP contribution in [-0.4, -0.2) is 15.4 Å². The van der Waals surface area contributed by atoms with Crippen molar-refractivity contribution in [3.8, 4) is 11.1 Å². The first-order chi connectivity index (χ1) is 14.9. The minimum absolute atomic E-state index is 0.301. The molecule has 3 aromatic carbocycles. The Morgan fingerprint density at radius 1 is 1.00 bits per heavy atom. The van der Waals surface area contributed by atoms with Crippen LogP contribution in [0.15, 0.2) is 66.7 Å². The van der Waals surface area contributed by atoms with Gasteiger partial charge in [0.1, 0.15) is 0 Å². The molecule has 1 aliphatic carbocycles. The maximum absolute atomic E-state index is 10.8. The van der Waals surface area contributed by atoms with Gasteiger partial charge in [-0.3, -0.25) is 0 Å². The maximum Gasteiger partial charge on any atom is -0.0253 e. The van der Waals surface area contributed by atoms with E-state index in [0.29, 0.717) is 11.5 Å². The van der Waals surface area contributed by atoms with Crippen LogP contribution in [-0.2, 0) is 27.3 Å². The zero-order chi connectivity index (χ0) is 23.2. The van der Waals surface area contributed by atoms with E-state index in [1.807, 2.05) is 32.0 Å². The van der Waals surface area contributed by atoms with Crippen LogP contribution in [0.5, 0.6) is 0 Å². The molecule has 0 heterocycles. The number of carbonyl (C=O) groups excluding carboxylic acids is 1. The summed E-state index contributed by atoms with van der Waals surface area (Å²) in [5, 5.41) is 0. The van der Waals surface area contributed by atoms with Crippen molar-refractivity contribution in [2.75, 3.05) is 0 Å². The van der Waals surface area contributed by atoms with Crippen molar-refractivity contribution < 1.29 is 25.6 Å². The van der Waals surface area contributed by atoms with Gasteiger partial charge in [-0.25, -0.2) is 0 Å². The molecule has 2 radical (unpaired) electrons. The number of amides is 1. The van der Waals surface area contributed by atoms with E-state index in [9.17, 15) is 4.79 Å². The minimum atomic E-state index is -0.826. The molecule has 0 spiro atoms. The second kappa shape index (κ2) is 15.6. The molecule has 0 unspecified atom stereocenters. The van der Waals surface area contributed by atoms with Gasteiger partial charge < -0.3 is 10.5 Å². The van der Waals surface area contributed by atoms with Crippen LogP contribution in [0.1, 0.15) is 46.8 Å². The standard InChI is InChI=1S/C13H9.C10H13NO.C2H6Si.2ClH.Zr/c1-3-7-12-10(5-1)9-11-6-2-4-8-13(11)12;1-7(2)8-5-3-4-6-9(8)10(11)12;1-3-2;;;/h1-5,7-8H,9H2;3-7H,1-2H3,(H2,11,12);1-2H3;2*1H;/q-1;;;;;+4/p-3. The van der Waals surface area contributed by atoms with Gasteiger partial charge in [0.25, 0.3) is 0 Å². The van der Waals surface area contributed by atoms with E-state index in [1.54, 1.807) is 12.1 Å². The molecule has 0 fully saturated rings. The normalized spacial score (nSPS) is 10.0. The molecular weight excluding hydrogens is 520 g/mol. The summed E-state index contributed by atoms with van der Waals surface area (Å²) in [6.07, 6.45) is 1.05. The molecule has 2 nitrogen and oxygen atoms in total. The average Bonchev–Trinajstić information content (AvgIpc) is 3.14. The Balaban J connectivity index is 0.000000249. The van der Waals surface area contributed by atoms with Crippen LogP contribution in [0, 0.1) is 6.07 Å². The van der Waals surface area contributed by atoms with Crippen LogP contribution in [0.25, 0.3) is 16.9 Å². The molecule has 0 aromatic heterocycles. The van der Waals surface area contributed by atoms with Gasteiger partial charge in [0.05, 0.1) is 5.91 Å². The third-order valence-electron chi connectivity index (χ3n) is 4.44. The Morgan fingerprint density at radius 2 is 1.55 bits per heavy atom. The van der Waals surface area contributed by atoms with Gasteiger partial charge in [-0.15, -0.1) is 5.56 Å². The summed E-state index contributed by atoms with van der Waals surface area (Å²) >= 11 is -0.826. The van der Waals surface area contributed by atoms with Gasteiger partial charge in [-0.2, -0.15) is 29.8 Å². The fraction of sp³-hybridized carbons (Fsp3) is 0.240. The van der Waals surface area contributed by atoms with E-state index >= 15 is 0 Å². The molecule has 0 bridgehead atoms.